The van der Waals surface area contributed by atoms with Crippen molar-refractivity contribution >= 4 is 49.2 Å². The second kappa shape index (κ2) is 3.47. The van der Waals surface area contributed by atoms with Gasteiger partial charge in [-0.05, 0) is 28.1 Å². The molecule has 14 heavy (non-hydrogen) atoms. The molecule has 0 unspecified atom stereocenters. The Morgan fingerprint density at radius 1 is 1.36 bits per heavy atom. The lowest BCUT2D eigenvalue weighted by molar-refractivity contribution is -0.110. The summed E-state index contributed by atoms with van der Waals surface area (Å²) in [6, 6.07) is 3.76. The molecule has 0 saturated heterocycles. The van der Waals surface area contributed by atoms with Crippen molar-refractivity contribution in [2.24, 2.45) is 4.99 Å². The van der Waals surface area contributed by atoms with Gasteiger partial charge in [-0.15, -0.1) is 0 Å². The number of fused-ring (bicyclic) bond motifs is 1. The van der Waals surface area contributed by atoms with Gasteiger partial charge in [0.15, 0.2) is 0 Å². The monoisotopic (exact) mass is 316 g/mol. The molecule has 1 aromatic rings. The van der Waals surface area contributed by atoms with E-state index in [9.17, 15) is 4.79 Å². The average Bonchev–Trinajstić information content (AvgIpc) is 2.41. The molecule has 1 aromatic carbocycles. The van der Waals surface area contributed by atoms with E-state index in [4.69, 9.17) is 0 Å². The Bertz CT molecular complexity index is 454. The molecule has 1 aliphatic heterocycles. The Kier molecular flexibility index (Phi) is 2.45. The zero-order valence-corrected chi connectivity index (χ0v) is 10.4. The van der Waals surface area contributed by atoms with Crippen molar-refractivity contribution in [3.63, 3.8) is 0 Å². The zero-order valence-electron chi connectivity index (χ0n) is 7.27. The van der Waals surface area contributed by atoms with Gasteiger partial charge >= 0.3 is 0 Å². The highest BCUT2D eigenvalue weighted by Crippen LogP contribution is 2.34. The van der Waals surface area contributed by atoms with Gasteiger partial charge in [0.25, 0.3) is 5.91 Å². The maximum Gasteiger partial charge on any atom is 0.274 e. The lowest BCUT2D eigenvalue weighted by atomic mass is 10.1. The Labute approximate surface area is 97.9 Å². The van der Waals surface area contributed by atoms with E-state index in [2.05, 4.69) is 42.2 Å². The minimum Gasteiger partial charge on any atom is -0.319 e. The van der Waals surface area contributed by atoms with Gasteiger partial charge in [0.05, 0.1) is 5.69 Å². The Morgan fingerprint density at radius 3 is 2.71 bits per heavy atom. The zero-order chi connectivity index (χ0) is 10.3. The molecule has 0 fully saturated rings. The van der Waals surface area contributed by atoms with Crippen LogP contribution in [0, 0.1) is 0 Å². The van der Waals surface area contributed by atoms with Crippen LogP contribution in [-0.4, -0.2) is 18.7 Å². The number of benzene rings is 1. The third-order valence-corrected chi connectivity index (χ3v) is 3.07. The summed E-state index contributed by atoms with van der Waals surface area (Å²) in [6.45, 7) is 0. The SMILES string of the molecule is CN=C1C(=O)Nc2c(Br)cc(Br)cc21. The number of carbonyl (C=O) groups is 1. The van der Waals surface area contributed by atoms with Gasteiger partial charge in [-0.1, -0.05) is 15.9 Å². The van der Waals surface area contributed by atoms with Crippen LogP contribution >= 0.6 is 31.9 Å². The van der Waals surface area contributed by atoms with E-state index in [1.54, 1.807) is 7.05 Å². The third kappa shape index (κ3) is 1.40. The van der Waals surface area contributed by atoms with Crippen molar-refractivity contribution < 1.29 is 4.79 Å². The summed E-state index contributed by atoms with van der Waals surface area (Å²) >= 11 is 6.75. The third-order valence-electron chi connectivity index (χ3n) is 1.99. The summed E-state index contributed by atoms with van der Waals surface area (Å²) in [7, 11) is 1.61. The highest BCUT2D eigenvalue weighted by atomic mass is 79.9. The lowest BCUT2D eigenvalue weighted by Gasteiger charge is -2.01. The molecule has 1 aliphatic rings. The first-order valence-electron chi connectivity index (χ1n) is 3.91. The summed E-state index contributed by atoms with van der Waals surface area (Å²) in [5.41, 5.74) is 2.10. The number of hydrogen-bond donors (Lipinski definition) is 1. The van der Waals surface area contributed by atoms with Crippen LogP contribution in [0.4, 0.5) is 5.69 Å². The smallest absolute Gasteiger partial charge is 0.274 e. The van der Waals surface area contributed by atoms with Gasteiger partial charge in [-0.2, -0.15) is 0 Å². The molecule has 2 rings (SSSR count). The highest BCUT2D eigenvalue weighted by molar-refractivity contribution is 9.11. The number of anilines is 1. The van der Waals surface area contributed by atoms with Gasteiger partial charge in [0.1, 0.15) is 5.71 Å². The number of halogens is 2. The number of nitrogens with one attached hydrogen (secondary N) is 1. The van der Waals surface area contributed by atoms with Crippen LogP contribution in [0.15, 0.2) is 26.1 Å². The summed E-state index contributed by atoms with van der Waals surface area (Å²) in [6.07, 6.45) is 0. The standard InChI is InChI=1S/C9H6Br2N2O/c1-12-8-5-2-4(10)3-6(11)7(5)13-9(8)14/h2-3H,1H3,(H,12,13,14). The molecule has 0 spiro atoms. The average molecular weight is 318 g/mol. The minimum atomic E-state index is -0.152. The van der Waals surface area contributed by atoms with Gasteiger partial charge in [0, 0.05) is 21.6 Å². The first-order chi connectivity index (χ1) is 6.63. The Balaban J connectivity index is 2.71. The summed E-state index contributed by atoms with van der Waals surface area (Å²) in [5, 5.41) is 2.76. The fraction of sp³-hybridized carbons (Fsp3) is 0.111. The first-order valence-corrected chi connectivity index (χ1v) is 5.49. The topological polar surface area (TPSA) is 41.5 Å². The molecule has 3 nitrogen and oxygen atoms in total. The number of aliphatic imine (C=N–C) groups is 1. The van der Waals surface area contributed by atoms with Crippen LogP contribution in [0.25, 0.3) is 0 Å². The molecule has 0 atom stereocenters. The van der Waals surface area contributed by atoms with E-state index in [0.29, 0.717) is 5.71 Å². The number of carbonyl (C=O) groups excluding carboxylic acids is 1. The van der Waals surface area contributed by atoms with E-state index in [1.165, 1.54) is 0 Å². The number of rotatable bonds is 0. The van der Waals surface area contributed by atoms with Crippen LogP contribution in [0.1, 0.15) is 5.56 Å². The van der Waals surface area contributed by atoms with Crippen LogP contribution in [0.2, 0.25) is 0 Å². The van der Waals surface area contributed by atoms with E-state index < -0.39 is 0 Å². The van der Waals surface area contributed by atoms with Crippen LogP contribution in [0.3, 0.4) is 0 Å². The predicted octanol–water partition coefficient (Wildman–Crippen LogP) is 2.58. The minimum absolute atomic E-state index is 0.152. The molecule has 0 aliphatic carbocycles. The molecule has 0 saturated carbocycles. The molecule has 1 amide bonds. The number of nitrogens with zero attached hydrogens (tertiary/aromatic N) is 1. The molecule has 5 heteroatoms. The molecule has 72 valence electrons. The predicted molar refractivity (Wildman–Crippen MR) is 62.9 cm³/mol. The molecule has 0 bridgehead atoms. The van der Waals surface area contributed by atoms with Crippen LogP contribution in [-0.2, 0) is 4.79 Å². The van der Waals surface area contributed by atoms with E-state index in [1.807, 2.05) is 12.1 Å². The largest absolute Gasteiger partial charge is 0.319 e. The maximum absolute atomic E-state index is 11.4. The van der Waals surface area contributed by atoms with Gasteiger partial charge in [-0.3, -0.25) is 9.79 Å². The summed E-state index contributed by atoms with van der Waals surface area (Å²) in [5.74, 6) is -0.152. The first kappa shape index (κ1) is 9.86. The van der Waals surface area contributed by atoms with E-state index >= 15 is 0 Å². The van der Waals surface area contributed by atoms with Crippen molar-refractivity contribution in [2.75, 3.05) is 12.4 Å². The Morgan fingerprint density at radius 2 is 2.07 bits per heavy atom. The molecular weight excluding hydrogens is 312 g/mol. The molecule has 0 radical (unpaired) electrons. The maximum atomic E-state index is 11.4. The van der Waals surface area contributed by atoms with Crippen molar-refractivity contribution in [3.8, 4) is 0 Å². The number of hydrogen-bond acceptors (Lipinski definition) is 2. The summed E-state index contributed by atoms with van der Waals surface area (Å²) in [4.78, 5) is 15.4. The fourth-order valence-electron chi connectivity index (χ4n) is 1.40. The van der Waals surface area contributed by atoms with Gasteiger partial charge in [0.2, 0.25) is 0 Å². The quantitative estimate of drug-likeness (QED) is 0.785. The van der Waals surface area contributed by atoms with Crippen molar-refractivity contribution in [3.05, 3.63) is 26.6 Å². The van der Waals surface area contributed by atoms with E-state index in [0.717, 1.165) is 20.2 Å². The molecular formula is C9H6Br2N2O. The van der Waals surface area contributed by atoms with Crippen molar-refractivity contribution in [1.82, 2.24) is 0 Å². The molecule has 1 heterocycles. The normalized spacial score (nSPS) is 17.1. The van der Waals surface area contributed by atoms with Gasteiger partial charge < -0.3 is 5.32 Å². The van der Waals surface area contributed by atoms with Crippen LogP contribution in [0.5, 0.6) is 0 Å². The number of amides is 1. The second-order valence-electron chi connectivity index (χ2n) is 2.84. The van der Waals surface area contributed by atoms with Crippen molar-refractivity contribution in [2.45, 2.75) is 0 Å². The Hall–Kier alpha value is -0.680. The highest BCUT2D eigenvalue weighted by Gasteiger charge is 2.27. The summed E-state index contributed by atoms with van der Waals surface area (Å²) < 4.78 is 1.77. The second-order valence-corrected chi connectivity index (χ2v) is 4.61. The van der Waals surface area contributed by atoms with Gasteiger partial charge in [-0.25, -0.2) is 0 Å². The van der Waals surface area contributed by atoms with Crippen LogP contribution < -0.4 is 5.32 Å². The molecule has 0 aromatic heterocycles. The van der Waals surface area contributed by atoms with E-state index in [-0.39, 0.29) is 5.91 Å². The fourth-order valence-corrected chi connectivity index (χ4v) is 2.73. The molecule has 1 N–H and O–H groups in total. The lowest BCUT2D eigenvalue weighted by Crippen LogP contribution is -2.13. The van der Waals surface area contributed by atoms with Crippen molar-refractivity contribution in [1.29, 1.82) is 0 Å².